The molecule has 2 aromatic rings. The van der Waals surface area contributed by atoms with Crippen molar-refractivity contribution in [2.75, 3.05) is 0 Å². The predicted octanol–water partition coefficient (Wildman–Crippen LogP) is 7.09. The van der Waals surface area contributed by atoms with Crippen molar-refractivity contribution in [3.8, 4) is 0 Å². The van der Waals surface area contributed by atoms with Crippen molar-refractivity contribution >= 4 is 11.0 Å². The van der Waals surface area contributed by atoms with E-state index in [1.54, 1.807) is 6.07 Å². The number of benzene rings is 1. The topological polar surface area (TPSA) is 25.8 Å². The highest BCUT2D eigenvalue weighted by Crippen LogP contribution is 2.37. The lowest BCUT2D eigenvalue weighted by molar-refractivity contribution is 0.373. The van der Waals surface area contributed by atoms with Crippen molar-refractivity contribution in [2.45, 2.75) is 97.3 Å². The summed E-state index contributed by atoms with van der Waals surface area (Å²) in [4.78, 5) is 9.22. The molecule has 0 saturated carbocycles. The van der Waals surface area contributed by atoms with Crippen LogP contribution in [0, 0.1) is 5.82 Å². The van der Waals surface area contributed by atoms with E-state index in [2.05, 4.69) is 57.6 Å². The van der Waals surface area contributed by atoms with Crippen molar-refractivity contribution in [3.63, 3.8) is 0 Å². The second kappa shape index (κ2) is 8.45. The molecule has 0 aliphatic rings. The van der Waals surface area contributed by atoms with Crippen molar-refractivity contribution in [1.29, 1.82) is 0 Å². The van der Waals surface area contributed by atoms with Crippen molar-refractivity contribution in [2.24, 2.45) is 0 Å². The van der Waals surface area contributed by atoms with Gasteiger partial charge < -0.3 is 0 Å². The first-order chi connectivity index (χ1) is 12.3. The van der Waals surface area contributed by atoms with Crippen LogP contribution in [0.4, 0.5) is 4.39 Å². The normalized spacial score (nSPS) is 12.7. The molecular weight excluding hydrogens is 323 g/mol. The van der Waals surface area contributed by atoms with E-state index in [4.69, 9.17) is 0 Å². The zero-order valence-electron chi connectivity index (χ0n) is 17.5. The van der Waals surface area contributed by atoms with Gasteiger partial charge in [0, 0.05) is 11.6 Å². The van der Waals surface area contributed by atoms with E-state index in [1.165, 1.54) is 0 Å². The molecule has 0 spiro atoms. The van der Waals surface area contributed by atoms with Crippen LogP contribution in [0.5, 0.6) is 0 Å². The van der Waals surface area contributed by atoms with Gasteiger partial charge in [0.05, 0.1) is 11.2 Å². The molecule has 26 heavy (non-hydrogen) atoms. The largest absolute Gasteiger partial charge is 0.253 e. The Hall–Kier alpha value is -1.51. The fourth-order valence-corrected chi connectivity index (χ4v) is 3.48. The van der Waals surface area contributed by atoms with Gasteiger partial charge in [-0.3, -0.25) is 4.98 Å². The van der Waals surface area contributed by atoms with Crippen LogP contribution < -0.4 is 0 Å². The molecule has 2 nitrogen and oxygen atoms in total. The van der Waals surface area contributed by atoms with E-state index in [9.17, 15) is 4.39 Å². The number of hydrogen-bond acceptors (Lipinski definition) is 2. The molecule has 144 valence electrons. The minimum atomic E-state index is -0.238. The van der Waals surface area contributed by atoms with Gasteiger partial charge in [-0.25, -0.2) is 9.37 Å². The van der Waals surface area contributed by atoms with Gasteiger partial charge in [0.15, 0.2) is 5.82 Å². The van der Waals surface area contributed by atoms with Crippen LogP contribution >= 0.6 is 0 Å². The van der Waals surface area contributed by atoms with Gasteiger partial charge in [-0.1, -0.05) is 67.2 Å². The minimum Gasteiger partial charge on any atom is -0.253 e. The van der Waals surface area contributed by atoms with Crippen LogP contribution in [0.25, 0.3) is 11.0 Å². The lowest BCUT2D eigenvalue weighted by Crippen LogP contribution is -2.23. The second-order valence-corrected chi connectivity index (χ2v) is 8.59. The van der Waals surface area contributed by atoms with E-state index in [0.717, 1.165) is 56.2 Å². The first-order valence-electron chi connectivity index (χ1n) is 10.2. The summed E-state index contributed by atoms with van der Waals surface area (Å²) in [5.41, 5.74) is 2.92. The van der Waals surface area contributed by atoms with Gasteiger partial charge in [0.2, 0.25) is 0 Å². The van der Waals surface area contributed by atoms with E-state index in [-0.39, 0.29) is 16.6 Å². The number of fused-ring (bicyclic) bond motifs is 1. The summed E-state index contributed by atoms with van der Waals surface area (Å²) in [6.45, 7) is 13.1. The molecule has 0 N–H and O–H groups in total. The van der Waals surface area contributed by atoms with Gasteiger partial charge in [-0.05, 0) is 42.4 Å². The summed E-state index contributed by atoms with van der Waals surface area (Å²) in [6.07, 6.45) is 9.58. The Morgan fingerprint density at radius 3 is 2.12 bits per heavy atom. The molecular formula is C23H35FN2. The van der Waals surface area contributed by atoms with Crippen LogP contribution in [-0.4, -0.2) is 9.97 Å². The number of halogens is 1. The first-order valence-corrected chi connectivity index (χ1v) is 10.2. The third-order valence-electron chi connectivity index (χ3n) is 6.04. The van der Waals surface area contributed by atoms with Crippen LogP contribution in [0.1, 0.15) is 97.7 Å². The molecule has 0 fully saturated rings. The van der Waals surface area contributed by atoms with E-state index < -0.39 is 0 Å². The van der Waals surface area contributed by atoms with E-state index >= 15 is 0 Å². The minimum absolute atomic E-state index is 0.00406. The molecule has 0 amide bonds. The summed E-state index contributed by atoms with van der Waals surface area (Å²) in [7, 11) is 0. The molecule has 1 aromatic heterocycles. The number of unbranched alkanes of at least 4 members (excludes halogenated alkanes) is 2. The third-order valence-corrected chi connectivity index (χ3v) is 6.04. The molecule has 0 unspecified atom stereocenters. The van der Waals surface area contributed by atoms with E-state index in [1.807, 2.05) is 6.20 Å². The number of nitrogens with zero attached hydrogens (tertiary/aromatic N) is 2. The molecule has 1 heterocycles. The predicted molar refractivity (Wildman–Crippen MR) is 109 cm³/mol. The van der Waals surface area contributed by atoms with Gasteiger partial charge in [0.1, 0.15) is 5.52 Å². The maximum absolute atomic E-state index is 15.0. The Bertz CT molecular complexity index is 728. The monoisotopic (exact) mass is 358 g/mol. The lowest BCUT2D eigenvalue weighted by Gasteiger charge is -2.31. The van der Waals surface area contributed by atoms with Crippen molar-refractivity contribution in [3.05, 3.63) is 35.4 Å². The van der Waals surface area contributed by atoms with Crippen LogP contribution in [0.2, 0.25) is 0 Å². The molecule has 0 atom stereocenters. The number of hydrogen-bond donors (Lipinski definition) is 0. The van der Waals surface area contributed by atoms with Crippen molar-refractivity contribution in [1.82, 2.24) is 9.97 Å². The number of rotatable bonds is 9. The van der Waals surface area contributed by atoms with Crippen LogP contribution in [0.3, 0.4) is 0 Å². The molecule has 0 saturated heterocycles. The van der Waals surface area contributed by atoms with Gasteiger partial charge in [-0.15, -0.1) is 0 Å². The van der Waals surface area contributed by atoms with Crippen LogP contribution in [-0.2, 0) is 10.8 Å². The molecule has 0 aliphatic carbocycles. The van der Waals surface area contributed by atoms with Gasteiger partial charge in [0.25, 0.3) is 0 Å². The molecule has 0 bridgehead atoms. The highest BCUT2D eigenvalue weighted by atomic mass is 19.1. The summed E-state index contributed by atoms with van der Waals surface area (Å²) in [5.74, 6) is -0.238. The number of aromatic nitrogens is 2. The Labute approximate surface area is 158 Å². The molecule has 1 aromatic carbocycles. The standard InChI is InChI=1S/C23H35FN2/c1-7-10-12-23(6,13-11-8-2)17-14-18(24)21-19(15-17)25-16-20(26-21)22(4,5)9-3/h14-16H,7-13H2,1-6H3. The summed E-state index contributed by atoms with van der Waals surface area (Å²) in [6, 6.07) is 3.78. The SMILES string of the molecule is CCCCC(C)(CCCC)c1cc(F)c2nc(C(C)(C)CC)cnc2c1. The Balaban J connectivity index is 2.50. The average molecular weight is 359 g/mol. The molecule has 0 radical (unpaired) electrons. The maximum Gasteiger partial charge on any atom is 0.151 e. The summed E-state index contributed by atoms with van der Waals surface area (Å²) in [5, 5.41) is 0. The maximum atomic E-state index is 15.0. The first kappa shape index (κ1) is 20.8. The lowest BCUT2D eigenvalue weighted by atomic mass is 9.74. The smallest absolute Gasteiger partial charge is 0.151 e. The summed E-state index contributed by atoms with van der Waals surface area (Å²) < 4.78 is 15.0. The Kier molecular flexibility index (Phi) is 6.76. The zero-order chi connectivity index (χ0) is 19.4. The molecule has 3 heteroatoms. The van der Waals surface area contributed by atoms with E-state index in [0.29, 0.717) is 11.0 Å². The fraction of sp³-hybridized carbons (Fsp3) is 0.652. The van der Waals surface area contributed by atoms with Crippen LogP contribution in [0.15, 0.2) is 18.3 Å². The quantitative estimate of drug-likeness (QED) is 0.478. The highest BCUT2D eigenvalue weighted by molar-refractivity contribution is 5.76. The fourth-order valence-electron chi connectivity index (χ4n) is 3.48. The summed E-state index contributed by atoms with van der Waals surface area (Å²) >= 11 is 0. The Morgan fingerprint density at radius 2 is 1.58 bits per heavy atom. The van der Waals surface area contributed by atoms with Gasteiger partial charge >= 0.3 is 0 Å². The zero-order valence-corrected chi connectivity index (χ0v) is 17.5. The van der Waals surface area contributed by atoms with Crippen molar-refractivity contribution < 1.29 is 4.39 Å². The average Bonchev–Trinajstić information content (AvgIpc) is 2.64. The second-order valence-electron chi connectivity index (χ2n) is 8.59. The van der Waals surface area contributed by atoms with Gasteiger partial charge in [-0.2, -0.15) is 0 Å². The molecule has 2 rings (SSSR count). The third kappa shape index (κ3) is 4.42. The highest BCUT2D eigenvalue weighted by Gasteiger charge is 2.28. The molecule has 0 aliphatic heterocycles. The Morgan fingerprint density at radius 1 is 0.962 bits per heavy atom.